The fraction of sp³-hybridized carbons (Fsp3) is 0.250. The normalized spacial score (nSPS) is 10.2. The van der Waals surface area contributed by atoms with Crippen molar-refractivity contribution in [3.8, 4) is 5.75 Å². The van der Waals surface area contributed by atoms with Crippen LogP contribution in [0, 0.1) is 5.82 Å². The predicted octanol–water partition coefficient (Wildman–Crippen LogP) is 3.29. The minimum atomic E-state index is -0.260. The van der Waals surface area contributed by atoms with Crippen LogP contribution in [-0.4, -0.2) is 11.5 Å². The Bertz CT molecular complexity index is 470. The van der Waals surface area contributed by atoms with E-state index < -0.39 is 0 Å². The highest BCUT2D eigenvalue weighted by Gasteiger charge is 2.02. The fourth-order valence-corrected chi connectivity index (χ4v) is 2.09. The summed E-state index contributed by atoms with van der Waals surface area (Å²) in [5.74, 6) is 0.398. The highest BCUT2D eigenvalue weighted by atomic mass is 32.1. The number of rotatable bonds is 5. The second-order valence-electron chi connectivity index (χ2n) is 3.40. The number of thiazole rings is 1. The van der Waals surface area contributed by atoms with Gasteiger partial charge in [-0.05, 0) is 31.2 Å². The molecule has 2 aromatic rings. The molecule has 0 radical (unpaired) electrons. The zero-order valence-corrected chi connectivity index (χ0v) is 10.3. The smallest absolute Gasteiger partial charge is 0.182 e. The van der Waals surface area contributed by atoms with Gasteiger partial charge in [-0.15, -0.1) is 0 Å². The van der Waals surface area contributed by atoms with Gasteiger partial charge in [-0.25, -0.2) is 9.37 Å². The van der Waals surface area contributed by atoms with Crippen LogP contribution in [-0.2, 0) is 6.61 Å². The lowest BCUT2D eigenvalue weighted by Crippen LogP contribution is -1.94. The predicted molar refractivity (Wildman–Crippen MR) is 67.0 cm³/mol. The maximum atomic E-state index is 12.7. The molecule has 0 bridgehead atoms. The number of nitrogens with one attached hydrogen (secondary N) is 1. The number of hydrogen-bond donors (Lipinski definition) is 1. The van der Waals surface area contributed by atoms with Crippen molar-refractivity contribution in [2.45, 2.75) is 13.5 Å². The van der Waals surface area contributed by atoms with E-state index >= 15 is 0 Å². The van der Waals surface area contributed by atoms with Gasteiger partial charge in [0.1, 0.15) is 18.2 Å². The number of halogens is 1. The van der Waals surface area contributed by atoms with Crippen LogP contribution in [0.5, 0.6) is 5.75 Å². The first-order valence-electron chi connectivity index (χ1n) is 5.35. The van der Waals surface area contributed by atoms with E-state index in [4.69, 9.17) is 4.74 Å². The zero-order chi connectivity index (χ0) is 12.1. The summed E-state index contributed by atoms with van der Waals surface area (Å²) in [6.07, 6.45) is 1.78. The lowest BCUT2D eigenvalue weighted by Gasteiger charge is -2.03. The van der Waals surface area contributed by atoms with E-state index in [9.17, 15) is 4.39 Å². The molecule has 3 nitrogen and oxygen atoms in total. The molecule has 0 fully saturated rings. The van der Waals surface area contributed by atoms with Crippen molar-refractivity contribution in [2.75, 3.05) is 11.9 Å². The first-order chi connectivity index (χ1) is 8.28. The Morgan fingerprint density at radius 2 is 2.12 bits per heavy atom. The van der Waals surface area contributed by atoms with E-state index in [-0.39, 0.29) is 5.82 Å². The molecule has 0 aliphatic rings. The van der Waals surface area contributed by atoms with Gasteiger partial charge in [0.05, 0.1) is 4.88 Å². The monoisotopic (exact) mass is 252 g/mol. The number of anilines is 1. The Morgan fingerprint density at radius 1 is 1.35 bits per heavy atom. The standard InChI is InChI=1S/C12H13FN2OS/c1-2-14-12-15-7-11(17-12)8-16-10-5-3-9(13)4-6-10/h3-7H,2,8H2,1H3,(H,14,15). The average Bonchev–Trinajstić information content (AvgIpc) is 2.77. The average molecular weight is 252 g/mol. The Kier molecular flexibility index (Phi) is 3.93. The molecule has 0 atom stereocenters. The summed E-state index contributed by atoms with van der Waals surface area (Å²) in [5, 5.41) is 4.03. The highest BCUT2D eigenvalue weighted by Crippen LogP contribution is 2.20. The number of hydrogen-bond acceptors (Lipinski definition) is 4. The van der Waals surface area contributed by atoms with Crippen molar-refractivity contribution in [2.24, 2.45) is 0 Å². The van der Waals surface area contributed by atoms with Crippen molar-refractivity contribution in [1.29, 1.82) is 0 Å². The molecule has 5 heteroatoms. The molecule has 0 aliphatic carbocycles. The number of ether oxygens (including phenoxy) is 1. The second kappa shape index (κ2) is 5.63. The quantitative estimate of drug-likeness (QED) is 0.886. The molecule has 1 aromatic carbocycles. The molecule has 0 aliphatic heterocycles. The SMILES string of the molecule is CCNc1ncc(COc2ccc(F)cc2)s1. The molecular weight excluding hydrogens is 239 g/mol. The fourth-order valence-electron chi connectivity index (χ4n) is 1.29. The first kappa shape index (κ1) is 11.9. The zero-order valence-electron chi connectivity index (χ0n) is 9.44. The van der Waals surface area contributed by atoms with E-state index in [0.29, 0.717) is 12.4 Å². The van der Waals surface area contributed by atoms with Crippen molar-refractivity contribution in [3.63, 3.8) is 0 Å². The van der Waals surface area contributed by atoms with E-state index in [2.05, 4.69) is 10.3 Å². The van der Waals surface area contributed by atoms with Gasteiger partial charge in [0.2, 0.25) is 0 Å². The van der Waals surface area contributed by atoms with Crippen molar-refractivity contribution in [1.82, 2.24) is 4.98 Å². The van der Waals surface area contributed by atoms with Crippen molar-refractivity contribution < 1.29 is 9.13 Å². The van der Waals surface area contributed by atoms with Crippen molar-refractivity contribution >= 4 is 16.5 Å². The van der Waals surface area contributed by atoms with Crippen LogP contribution in [0.4, 0.5) is 9.52 Å². The molecule has 2 rings (SSSR count). The Labute approximate surface area is 103 Å². The molecule has 17 heavy (non-hydrogen) atoms. The lowest BCUT2D eigenvalue weighted by atomic mass is 10.3. The van der Waals surface area contributed by atoms with E-state index in [0.717, 1.165) is 16.6 Å². The lowest BCUT2D eigenvalue weighted by molar-refractivity contribution is 0.309. The van der Waals surface area contributed by atoms with E-state index in [1.165, 1.54) is 12.1 Å². The maximum absolute atomic E-state index is 12.7. The van der Waals surface area contributed by atoms with Crippen LogP contribution in [0.25, 0.3) is 0 Å². The third-order valence-corrected chi connectivity index (χ3v) is 3.00. The van der Waals surface area contributed by atoms with Gasteiger partial charge in [-0.2, -0.15) is 0 Å². The molecule has 1 aromatic heterocycles. The molecule has 0 spiro atoms. The summed E-state index contributed by atoms with van der Waals surface area (Å²) in [7, 11) is 0. The Balaban J connectivity index is 1.90. The molecule has 1 N–H and O–H groups in total. The van der Waals surface area contributed by atoms with Crippen molar-refractivity contribution in [3.05, 3.63) is 41.2 Å². The Hall–Kier alpha value is -1.62. The van der Waals surface area contributed by atoms with Crippen LogP contribution < -0.4 is 10.1 Å². The minimum absolute atomic E-state index is 0.260. The molecular formula is C12H13FN2OS. The summed E-state index contributed by atoms with van der Waals surface area (Å²) in [6.45, 7) is 3.33. The largest absolute Gasteiger partial charge is 0.488 e. The van der Waals surface area contributed by atoms with Crippen LogP contribution in [0.2, 0.25) is 0 Å². The highest BCUT2D eigenvalue weighted by molar-refractivity contribution is 7.15. The van der Waals surface area contributed by atoms with E-state index in [1.807, 2.05) is 6.92 Å². The van der Waals surface area contributed by atoms with Gasteiger partial charge in [0.15, 0.2) is 5.13 Å². The van der Waals surface area contributed by atoms with Gasteiger partial charge in [0, 0.05) is 12.7 Å². The minimum Gasteiger partial charge on any atom is -0.488 e. The topological polar surface area (TPSA) is 34.2 Å². The van der Waals surface area contributed by atoms with E-state index in [1.54, 1.807) is 29.7 Å². The number of aromatic nitrogens is 1. The molecule has 0 saturated heterocycles. The molecule has 0 amide bonds. The summed E-state index contributed by atoms with van der Waals surface area (Å²) < 4.78 is 18.2. The first-order valence-corrected chi connectivity index (χ1v) is 6.16. The second-order valence-corrected chi connectivity index (χ2v) is 4.52. The van der Waals surface area contributed by atoms with Crippen LogP contribution >= 0.6 is 11.3 Å². The third kappa shape index (κ3) is 3.42. The summed E-state index contributed by atoms with van der Waals surface area (Å²) in [6, 6.07) is 5.99. The summed E-state index contributed by atoms with van der Waals surface area (Å²) in [4.78, 5) is 5.23. The van der Waals surface area contributed by atoms with Gasteiger partial charge < -0.3 is 10.1 Å². The molecule has 0 saturated carbocycles. The number of nitrogens with zero attached hydrogens (tertiary/aromatic N) is 1. The van der Waals surface area contributed by atoms with Crippen LogP contribution in [0.1, 0.15) is 11.8 Å². The molecule has 90 valence electrons. The summed E-state index contributed by atoms with van der Waals surface area (Å²) in [5.41, 5.74) is 0. The number of benzene rings is 1. The van der Waals surface area contributed by atoms with Gasteiger partial charge in [-0.3, -0.25) is 0 Å². The molecule has 0 unspecified atom stereocenters. The van der Waals surface area contributed by atoms with Crippen LogP contribution in [0.15, 0.2) is 30.5 Å². The van der Waals surface area contributed by atoms with Crippen LogP contribution in [0.3, 0.4) is 0 Å². The summed E-state index contributed by atoms with van der Waals surface area (Å²) >= 11 is 1.56. The van der Waals surface area contributed by atoms with Gasteiger partial charge in [0.25, 0.3) is 0 Å². The van der Waals surface area contributed by atoms with Gasteiger partial charge in [-0.1, -0.05) is 11.3 Å². The third-order valence-electron chi connectivity index (χ3n) is 2.08. The molecule has 1 heterocycles. The maximum Gasteiger partial charge on any atom is 0.182 e. The van der Waals surface area contributed by atoms with Gasteiger partial charge >= 0.3 is 0 Å². The Morgan fingerprint density at radius 3 is 2.82 bits per heavy atom.